The van der Waals surface area contributed by atoms with Crippen molar-refractivity contribution in [3.63, 3.8) is 0 Å². The van der Waals surface area contributed by atoms with E-state index in [1.807, 2.05) is 0 Å². The molecule has 0 aromatic carbocycles. The molecule has 0 aromatic rings. The summed E-state index contributed by atoms with van der Waals surface area (Å²) in [4.78, 5) is 36.1. The summed E-state index contributed by atoms with van der Waals surface area (Å²) in [5, 5.41) is 11.5. The van der Waals surface area contributed by atoms with Crippen LogP contribution in [0.25, 0.3) is 0 Å². The molecule has 2 amide bonds. The van der Waals surface area contributed by atoms with Crippen LogP contribution in [0.3, 0.4) is 0 Å². The summed E-state index contributed by atoms with van der Waals surface area (Å²) in [5.74, 6) is -1.39. The van der Waals surface area contributed by atoms with Crippen molar-refractivity contribution in [2.24, 2.45) is 0 Å². The molecule has 1 rings (SSSR count). The fourth-order valence-electron chi connectivity index (χ4n) is 2.28. The molecule has 0 bridgehead atoms. The molecule has 1 heterocycles. The first-order chi connectivity index (χ1) is 9.26. The average molecular weight is 286 g/mol. The second kappa shape index (κ2) is 6.58. The predicted molar refractivity (Wildman–Crippen MR) is 71.2 cm³/mol. The van der Waals surface area contributed by atoms with Crippen molar-refractivity contribution in [1.29, 1.82) is 0 Å². The summed E-state index contributed by atoms with van der Waals surface area (Å²) in [6, 6.07) is -0.998. The van der Waals surface area contributed by atoms with Crippen LogP contribution < -0.4 is 5.32 Å². The predicted octanol–water partition coefficient (Wildman–Crippen LogP) is 0.977. The van der Waals surface area contributed by atoms with Gasteiger partial charge in [0.25, 0.3) is 0 Å². The molecule has 0 aromatic heterocycles. The van der Waals surface area contributed by atoms with Gasteiger partial charge in [-0.2, -0.15) is 0 Å². The molecule has 1 atom stereocenters. The number of rotatable bonds is 5. The van der Waals surface area contributed by atoms with Crippen LogP contribution in [0.5, 0.6) is 0 Å². The lowest BCUT2D eigenvalue weighted by atomic mass is 10.0. The number of carboxylic acid groups (broad SMARTS) is 1. The molecule has 1 saturated heterocycles. The Balaban J connectivity index is 2.66. The van der Waals surface area contributed by atoms with Crippen LogP contribution in [-0.2, 0) is 14.3 Å². The number of nitrogens with one attached hydrogen (secondary N) is 1. The third-order valence-corrected chi connectivity index (χ3v) is 3.11. The molecular formula is C13H22N2O5. The Kier molecular flexibility index (Phi) is 5.35. The standard InChI is InChI=1S/C13H22N2O5/c1-4-20-11(18)9-6-5-7-15(9)12(19)14-13(2,3)8-10(16)17/h9H,4-8H2,1-3H3,(H,14,19)(H,16,17). The molecule has 7 nitrogen and oxygen atoms in total. The number of amides is 2. The third kappa shape index (κ3) is 4.40. The molecule has 114 valence electrons. The maximum atomic E-state index is 12.2. The number of likely N-dealkylation sites (tertiary alicyclic amines) is 1. The molecular weight excluding hydrogens is 264 g/mol. The summed E-state index contributed by atoms with van der Waals surface area (Å²) in [6.45, 7) is 5.73. The van der Waals surface area contributed by atoms with Crippen LogP contribution in [0.2, 0.25) is 0 Å². The first kappa shape index (κ1) is 16.3. The van der Waals surface area contributed by atoms with Crippen LogP contribution >= 0.6 is 0 Å². The fraction of sp³-hybridized carbons (Fsp3) is 0.769. The van der Waals surface area contributed by atoms with Crippen LogP contribution in [0.4, 0.5) is 4.79 Å². The number of nitrogens with zero attached hydrogens (tertiary/aromatic N) is 1. The molecule has 0 saturated carbocycles. The van der Waals surface area contributed by atoms with Crippen molar-refractivity contribution < 1.29 is 24.2 Å². The van der Waals surface area contributed by atoms with Crippen LogP contribution in [0, 0.1) is 0 Å². The lowest BCUT2D eigenvalue weighted by molar-refractivity contribution is -0.147. The highest BCUT2D eigenvalue weighted by Gasteiger charge is 2.37. The Morgan fingerprint density at radius 2 is 2.05 bits per heavy atom. The van der Waals surface area contributed by atoms with E-state index in [9.17, 15) is 14.4 Å². The number of aliphatic carboxylic acids is 1. The van der Waals surface area contributed by atoms with Gasteiger partial charge in [-0.15, -0.1) is 0 Å². The first-order valence-corrected chi connectivity index (χ1v) is 6.74. The van der Waals surface area contributed by atoms with Crippen LogP contribution in [-0.4, -0.2) is 52.7 Å². The van der Waals surface area contributed by atoms with Gasteiger partial charge in [0, 0.05) is 12.1 Å². The van der Waals surface area contributed by atoms with E-state index in [0.29, 0.717) is 13.0 Å². The van der Waals surface area contributed by atoms with Crippen molar-refractivity contribution >= 4 is 18.0 Å². The summed E-state index contributed by atoms with van der Waals surface area (Å²) < 4.78 is 4.95. The number of urea groups is 1. The molecule has 20 heavy (non-hydrogen) atoms. The molecule has 1 unspecified atom stereocenters. The minimum Gasteiger partial charge on any atom is -0.481 e. The number of ether oxygens (including phenoxy) is 1. The molecule has 2 N–H and O–H groups in total. The second-order valence-corrected chi connectivity index (χ2v) is 5.49. The Hall–Kier alpha value is -1.79. The van der Waals surface area contributed by atoms with Gasteiger partial charge in [0.05, 0.1) is 13.0 Å². The van der Waals surface area contributed by atoms with Gasteiger partial charge in [-0.1, -0.05) is 0 Å². The highest BCUT2D eigenvalue weighted by molar-refractivity contribution is 5.85. The van der Waals surface area contributed by atoms with E-state index in [1.54, 1.807) is 20.8 Å². The van der Waals surface area contributed by atoms with E-state index < -0.39 is 29.6 Å². The smallest absolute Gasteiger partial charge is 0.328 e. The largest absolute Gasteiger partial charge is 0.481 e. The lowest BCUT2D eigenvalue weighted by Gasteiger charge is -2.30. The number of hydrogen-bond acceptors (Lipinski definition) is 4. The van der Waals surface area contributed by atoms with Crippen LogP contribution in [0.1, 0.15) is 40.0 Å². The quantitative estimate of drug-likeness (QED) is 0.734. The highest BCUT2D eigenvalue weighted by atomic mass is 16.5. The van der Waals surface area contributed by atoms with E-state index in [4.69, 9.17) is 9.84 Å². The highest BCUT2D eigenvalue weighted by Crippen LogP contribution is 2.20. The number of carboxylic acids is 1. The Morgan fingerprint density at radius 3 is 2.60 bits per heavy atom. The van der Waals surface area contributed by atoms with Gasteiger partial charge >= 0.3 is 18.0 Å². The zero-order valence-corrected chi connectivity index (χ0v) is 12.1. The van der Waals surface area contributed by atoms with Gasteiger partial charge in [-0.3, -0.25) is 4.79 Å². The Labute approximate surface area is 118 Å². The van der Waals surface area contributed by atoms with Gasteiger partial charge in [0.15, 0.2) is 0 Å². The molecule has 0 aliphatic carbocycles. The first-order valence-electron chi connectivity index (χ1n) is 6.74. The fourth-order valence-corrected chi connectivity index (χ4v) is 2.28. The summed E-state index contributed by atoms with van der Waals surface area (Å²) in [7, 11) is 0. The van der Waals surface area contributed by atoms with Crippen molar-refractivity contribution in [2.75, 3.05) is 13.2 Å². The van der Waals surface area contributed by atoms with Crippen LogP contribution in [0.15, 0.2) is 0 Å². The Bertz CT molecular complexity index is 394. The minimum atomic E-state index is -0.987. The van der Waals surface area contributed by atoms with E-state index in [0.717, 1.165) is 6.42 Å². The zero-order valence-electron chi connectivity index (χ0n) is 12.1. The molecule has 1 fully saturated rings. The third-order valence-electron chi connectivity index (χ3n) is 3.11. The summed E-state index contributed by atoms with van der Waals surface area (Å²) >= 11 is 0. The van der Waals surface area contributed by atoms with E-state index in [-0.39, 0.29) is 13.0 Å². The maximum absolute atomic E-state index is 12.2. The van der Waals surface area contributed by atoms with Crippen molar-refractivity contribution in [3.05, 3.63) is 0 Å². The molecule has 1 aliphatic rings. The second-order valence-electron chi connectivity index (χ2n) is 5.49. The van der Waals surface area contributed by atoms with E-state index in [2.05, 4.69) is 5.32 Å². The lowest BCUT2D eigenvalue weighted by Crippen LogP contribution is -2.53. The number of hydrogen-bond donors (Lipinski definition) is 2. The SMILES string of the molecule is CCOC(=O)C1CCCN1C(=O)NC(C)(C)CC(=O)O. The summed E-state index contributed by atoms with van der Waals surface area (Å²) in [6.07, 6.45) is 1.12. The van der Waals surface area contributed by atoms with E-state index in [1.165, 1.54) is 4.90 Å². The minimum absolute atomic E-state index is 0.184. The van der Waals surface area contributed by atoms with E-state index >= 15 is 0 Å². The number of carbonyl (C=O) groups excluding carboxylic acids is 2. The maximum Gasteiger partial charge on any atom is 0.328 e. The Morgan fingerprint density at radius 1 is 1.40 bits per heavy atom. The zero-order chi connectivity index (χ0) is 15.3. The number of esters is 1. The van der Waals surface area contributed by atoms with Gasteiger partial charge in [0.2, 0.25) is 0 Å². The van der Waals surface area contributed by atoms with Crippen molar-refractivity contribution in [1.82, 2.24) is 10.2 Å². The molecule has 0 radical (unpaired) electrons. The molecule has 7 heteroatoms. The molecule has 0 spiro atoms. The summed E-state index contributed by atoms with van der Waals surface area (Å²) in [5.41, 5.74) is -0.870. The van der Waals surface area contributed by atoms with Gasteiger partial charge in [-0.25, -0.2) is 9.59 Å². The van der Waals surface area contributed by atoms with Gasteiger partial charge in [-0.05, 0) is 33.6 Å². The topological polar surface area (TPSA) is 95.9 Å². The van der Waals surface area contributed by atoms with Crippen molar-refractivity contribution in [3.8, 4) is 0 Å². The van der Waals surface area contributed by atoms with Gasteiger partial charge < -0.3 is 20.1 Å². The monoisotopic (exact) mass is 286 g/mol. The van der Waals surface area contributed by atoms with Gasteiger partial charge in [0.1, 0.15) is 6.04 Å². The normalized spacial score (nSPS) is 18.8. The molecule has 1 aliphatic heterocycles. The average Bonchev–Trinajstić information content (AvgIpc) is 2.75. The van der Waals surface area contributed by atoms with Crippen molar-refractivity contribution in [2.45, 2.75) is 51.6 Å². The number of carbonyl (C=O) groups is 3.